The Kier molecular flexibility index (Phi) is 8.48. The maximum absolute atomic E-state index is 13.7. The number of piperazine rings is 1. The van der Waals surface area contributed by atoms with E-state index in [4.69, 9.17) is 16.3 Å². The van der Waals surface area contributed by atoms with Gasteiger partial charge in [-0.2, -0.15) is 0 Å². The molecule has 1 N–H and O–H groups in total. The van der Waals surface area contributed by atoms with Crippen molar-refractivity contribution >= 4 is 44.8 Å². The number of thiophene rings is 1. The van der Waals surface area contributed by atoms with Crippen LogP contribution in [0.5, 0.6) is 0 Å². The molecule has 3 fully saturated rings. The SMILES string of the molecule is CN1CCC(N2CCN(C(=O)C(CC3CCOCC3)NC(=O)c3cc4ccc(Cl)cc4s3)CC2)CC1. The van der Waals surface area contributed by atoms with Crippen molar-refractivity contribution in [1.29, 1.82) is 0 Å². The van der Waals surface area contributed by atoms with Gasteiger partial charge in [-0.1, -0.05) is 17.7 Å². The van der Waals surface area contributed by atoms with Crippen LogP contribution in [0.2, 0.25) is 5.02 Å². The van der Waals surface area contributed by atoms with E-state index in [1.165, 1.54) is 24.2 Å². The van der Waals surface area contributed by atoms with Gasteiger partial charge in [0.1, 0.15) is 6.04 Å². The van der Waals surface area contributed by atoms with Gasteiger partial charge in [-0.05, 0) is 81.7 Å². The van der Waals surface area contributed by atoms with E-state index in [2.05, 4.69) is 22.2 Å². The fourth-order valence-electron chi connectivity index (χ4n) is 5.77. The highest BCUT2D eigenvalue weighted by atomic mass is 35.5. The number of hydrogen-bond donors (Lipinski definition) is 1. The van der Waals surface area contributed by atoms with E-state index >= 15 is 0 Å². The van der Waals surface area contributed by atoms with Crippen molar-refractivity contribution in [1.82, 2.24) is 20.0 Å². The molecule has 0 saturated carbocycles. The van der Waals surface area contributed by atoms with Gasteiger partial charge < -0.3 is 19.9 Å². The largest absolute Gasteiger partial charge is 0.381 e. The Bertz CT molecular complexity index is 1060. The Morgan fingerprint density at radius 1 is 1.06 bits per heavy atom. The van der Waals surface area contributed by atoms with Gasteiger partial charge >= 0.3 is 0 Å². The van der Waals surface area contributed by atoms with Crippen molar-refractivity contribution < 1.29 is 14.3 Å². The molecule has 4 heterocycles. The highest BCUT2D eigenvalue weighted by Gasteiger charge is 2.33. The van der Waals surface area contributed by atoms with Crippen LogP contribution in [0.3, 0.4) is 0 Å². The summed E-state index contributed by atoms with van der Waals surface area (Å²) in [5, 5.41) is 4.77. The lowest BCUT2D eigenvalue weighted by molar-refractivity contribution is -0.136. The molecule has 0 bridgehead atoms. The minimum atomic E-state index is -0.510. The third kappa shape index (κ3) is 6.22. The van der Waals surface area contributed by atoms with Gasteiger partial charge in [0.25, 0.3) is 5.91 Å². The van der Waals surface area contributed by atoms with Gasteiger partial charge in [0.05, 0.1) is 4.88 Å². The quantitative estimate of drug-likeness (QED) is 0.614. The topological polar surface area (TPSA) is 65.1 Å². The molecule has 3 aliphatic rings. The molecular weight excluding hydrogens is 496 g/mol. The first-order valence-electron chi connectivity index (χ1n) is 13.3. The van der Waals surface area contributed by atoms with E-state index in [-0.39, 0.29) is 11.8 Å². The number of ether oxygens (including phenoxy) is 1. The zero-order chi connectivity index (χ0) is 25.1. The van der Waals surface area contributed by atoms with Gasteiger partial charge in [-0.25, -0.2) is 0 Å². The Morgan fingerprint density at radius 3 is 2.50 bits per heavy atom. The number of amides is 2. The summed E-state index contributed by atoms with van der Waals surface area (Å²) >= 11 is 7.55. The monoisotopic (exact) mass is 532 g/mol. The predicted molar refractivity (Wildman–Crippen MR) is 145 cm³/mol. The minimum absolute atomic E-state index is 0.0574. The van der Waals surface area contributed by atoms with Crippen molar-refractivity contribution in [3.63, 3.8) is 0 Å². The van der Waals surface area contributed by atoms with Crippen LogP contribution >= 0.6 is 22.9 Å². The molecule has 0 aliphatic carbocycles. The van der Waals surface area contributed by atoms with Gasteiger partial charge in [-0.15, -0.1) is 11.3 Å². The number of nitrogens with one attached hydrogen (secondary N) is 1. The fourth-order valence-corrected chi connectivity index (χ4v) is 7.01. The smallest absolute Gasteiger partial charge is 0.262 e. The predicted octanol–water partition coefficient (Wildman–Crippen LogP) is 3.71. The second-order valence-electron chi connectivity index (χ2n) is 10.5. The molecule has 1 aromatic heterocycles. The Morgan fingerprint density at radius 2 is 1.78 bits per heavy atom. The summed E-state index contributed by atoms with van der Waals surface area (Å²) in [6.07, 6.45) is 4.94. The van der Waals surface area contributed by atoms with E-state index in [1.807, 2.05) is 29.2 Å². The number of benzene rings is 1. The highest BCUT2D eigenvalue weighted by Crippen LogP contribution is 2.29. The average Bonchev–Trinajstić information content (AvgIpc) is 3.32. The minimum Gasteiger partial charge on any atom is -0.381 e. The third-order valence-electron chi connectivity index (χ3n) is 8.05. The summed E-state index contributed by atoms with van der Waals surface area (Å²) in [5.74, 6) is 0.263. The van der Waals surface area contributed by atoms with Crippen molar-refractivity contribution in [2.75, 3.05) is 59.5 Å². The molecule has 36 heavy (non-hydrogen) atoms. The first kappa shape index (κ1) is 25.9. The summed E-state index contributed by atoms with van der Waals surface area (Å²) < 4.78 is 6.50. The summed E-state index contributed by atoms with van der Waals surface area (Å²) in [6, 6.07) is 7.65. The number of hydrogen-bond acceptors (Lipinski definition) is 6. The normalized spacial score (nSPS) is 22.1. The third-order valence-corrected chi connectivity index (χ3v) is 9.38. The Hall–Kier alpha value is -1.71. The number of carbonyl (C=O) groups excluding carboxylic acids is 2. The number of halogens is 1. The first-order valence-corrected chi connectivity index (χ1v) is 14.4. The zero-order valence-corrected chi connectivity index (χ0v) is 22.7. The molecule has 196 valence electrons. The number of fused-ring (bicyclic) bond motifs is 1. The van der Waals surface area contributed by atoms with Crippen LogP contribution in [0, 0.1) is 5.92 Å². The van der Waals surface area contributed by atoms with E-state index < -0.39 is 6.04 Å². The van der Waals surface area contributed by atoms with Crippen LogP contribution in [0.4, 0.5) is 0 Å². The molecule has 1 aromatic carbocycles. The zero-order valence-electron chi connectivity index (χ0n) is 21.1. The van der Waals surface area contributed by atoms with Gasteiger partial charge in [0.2, 0.25) is 5.91 Å². The van der Waals surface area contributed by atoms with Crippen LogP contribution in [0.15, 0.2) is 24.3 Å². The van der Waals surface area contributed by atoms with Crippen molar-refractivity contribution in [2.45, 2.75) is 44.2 Å². The molecule has 5 rings (SSSR count). The lowest BCUT2D eigenvalue weighted by atomic mass is 9.91. The number of nitrogens with zero attached hydrogens (tertiary/aromatic N) is 3. The van der Waals surface area contributed by atoms with Crippen molar-refractivity contribution in [3.8, 4) is 0 Å². The van der Waals surface area contributed by atoms with E-state index in [0.29, 0.717) is 28.3 Å². The summed E-state index contributed by atoms with van der Waals surface area (Å²) in [4.78, 5) is 34.5. The van der Waals surface area contributed by atoms with Crippen LogP contribution in [-0.2, 0) is 9.53 Å². The summed E-state index contributed by atoms with van der Waals surface area (Å²) in [5.41, 5.74) is 0. The Balaban J connectivity index is 1.24. The van der Waals surface area contributed by atoms with Gasteiger partial charge in [0.15, 0.2) is 0 Å². The molecule has 2 amide bonds. The lowest BCUT2D eigenvalue weighted by Crippen LogP contribution is -2.57. The van der Waals surface area contributed by atoms with Gasteiger partial charge in [-0.3, -0.25) is 14.5 Å². The molecule has 7 nitrogen and oxygen atoms in total. The standard InChI is InChI=1S/C27H37ClN4O3S/c1-30-8-4-22(5-9-30)31-10-12-32(13-11-31)27(34)23(16-19-6-14-35-15-7-19)29-26(33)25-17-20-2-3-21(28)18-24(20)36-25/h2-3,17-19,22-23H,4-16H2,1H3,(H,29,33). The van der Waals surface area contributed by atoms with Crippen molar-refractivity contribution in [2.24, 2.45) is 5.92 Å². The maximum Gasteiger partial charge on any atom is 0.262 e. The van der Waals surface area contributed by atoms with E-state index in [9.17, 15) is 9.59 Å². The maximum atomic E-state index is 13.7. The summed E-state index contributed by atoms with van der Waals surface area (Å²) in [6.45, 7) is 7.03. The van der Waals surface area contributed by atoms with Crippen LogP contribution in [-0.4, -0.2) is 98.1 Å². The molecule has 0 radical (unpaired) electrons. The molecule has 2 aromatic rings. The van der Waals surface area contributed by atoms with Crippen molar-refractivity contribution in [3.05, 3.63) is 34.2 Å². The molecular formula is C27H37ClN4O3S. The average molecular weight is 533 g/mol. The van der Waals surface area contributed by atoms with Crippen LogP contribution in [0.25, 0.3) is 10.1 Å². The highest BCUT2D eigenvalue weighted by molar-refractivity contribution is 7.20. The number of carbonyl (C=O) groups is 2. The lowest BCUT2D eigenvalue weighted by Gasteiger charge is -2.43. The molecule has 0 spiro atoms. The van der Waals surface area contributed by atoms with Crippen LogP contribution < -0.4 is 5.32 Å². The van der Waals surface area contributed by atoms with E-state index in [1.54, 1.807) is 0 Å². The first-order chi connectivity index (χ1) is 17.5. The number of piperidine rings is 1. The molecule has 9 heteroatoms. The molecule has 3 saturated heterocycles. The molecule has 1 unspecified atom stereocenters. The second-order valence-corrected chi connectivity index (χ2v) is 12.0. The van der Waals surface area contributed by atoms with Crippen LogP contribution in [0.1, 0.15) is 41.8 Å². The number of rotatable bonds is 6. The molecule has 3 aliphatic heterocycles. The summed E-state index contributed by atoms with van der Waals surface area (Å²) in [7, 11) is 2.19. The van der Waals surface area contributed by atoms with E-state index in [0.717, 1.165) is 75.4 Å². The molecule has 1 atom stereocenters. The second kappa shape index (κ2) is 11.8. The Labute approximate surface area is 222 Å². The fraction of sp³-hybridized carbons (Fsp3) is 0.630. The number of likely N-dealkylation sites (tertiary alicyclic amines) is 1. The van der Waals surface area contributed by atoms with Gasteiger partial charge in [0, 0.05) is 55.2 Å².